The third kappa shape index (κ3) is 5.46. The van der Waals surface area contributed by atoms with Crippen LogP contribution in [-0.4, -0.2) is 33.4 Å². The summed E-state index contributed by atoms with van der Waals surface area (Å²) in [6.07, 6.45) is 0. The molecule has 0 atom stereocenters. The molecule has 7 nitrogen and oxygen atoms in total. The zero-order valence-corrected chi connectivity index (χ0v) is 20.5. The molecule has 0 aliphatic heterocycles. The van der Waals surface area contributed by atoms with Gasteiger partial charge in [-0.25, -0.2) is 13.2 Å². The SMILES string of the molecule is CCOC(=O)c1ccc(NC(=O)CN(c2cccc(C)c2C)S(=O)(=O)c2ccccc2)c(C)c1. The molecule has 0 radical (unpaired) electrons. The number of carbonyl (C=O) groups excluding carboxylic acids is 2. The van der Waals surface area contributed by atoms with E-state index in [0.717, 1.165) is 15.4 Å². The summed E-state index contributed by atoms with van der Waals surface area (Å²) < 4.78 is 33.2. The Labute approximate surface area is 200 Å². The first kappa shape index (κ1) is 25.0. The fourth-order valence-corrected chi connectivity index (χ4v) is 4.99. The van der Waals surface area contributed by atoms with E-state index in [4.69, 9.17) is 4.74 Å². The van der Waals surface area contributed by atoms with Gasteiger partial charge in [-0.05, 0) is 80.8 Å². The van der Waals surface area contributed by atoms with Gasteiger partial charge in [-0.3, -0.25) is 9.10 Å². The van der Waals surface area contributed by atoms with E-state index in [1.54, 1.807) is 62.4 Å². The molecule has 0 saturated carbocycles. The number of hydrogen-bond donors (Lipinski definition) is 1. The van der Waals surface area contributed by atoms with Gasteiger partial charge in [0.25, 0.3) is 10.0 Å². The summed E-state index contributed by atoms with van der Waals surface area (Å²) in [5, 5.41) is 2.77. The number of anilines is 2. The maximum absolute atomic E-state index is 13.5. The van der Waals surface area contributed by atoms with Crippen LogP contribution in [0.4, 0.5) is 11.4 Å². The average Bonchev–Trinajstić information content (AvgIpc) is 2.81. The van der Waals surface area contributed by atoms with Gasteiger partial charge in [0, 0.05) is 5.69 Å². The summed E-state index contributed by atoms with van der Waals surface area (Å²) in [5.74, 6) is -0.953. The standard InChI is InChI=1S/C26H28N2O5S/c1-5-33-26(30)21-14-15-23(19(3)16-21)27-25(29)17-28(24-13-9-10-18(2)20(24)4)34(31,32)22-11-7-6-8-12-22/h6-16H,5,17H2,1-4H3,(H,27,29). The Morgan fingerprint density at radius 3 is 2.26 bits per heavy atom. The number of ether oxygens (including phenoxy) is 1. The van der Waals surface area contributed by atoms with Crippen molar-refractivity contribution in [3.05, 3.63) is 89.0 Å². The molecule has 0 aliphatic rings. The van der Waals surface area contributed by atoms with E-state index in [-0.39, 0.29) is 11.5 Å². The number of benzene rings is 3. The van der Waals surface area contributed by atoms with Crippen molar-refractivity contribution in [2.45, 2.75) is 32.6 Å². The molecule has 178 valence electrons. The van der Waals surface area contributed by atoms with Gasteiger partial charge < -0.3 is 10.1 Å². The predicted octanol–water partition coefficient (Wildman–Crippen LogP) is 4.62. The van der Waals surface area contributed by atoms with E-state index < -0.39 is 28.4 Å². The van der Waals surface area contributed by atoms with Crippen molar-refractivity contribution in [3.8, 4) is 0 Å². The van der Waals surface area contributed by atoms with Gasteiger partial charge in [-0.2, -0.15) is 0 Å². The molecule has 0 fully saturated rings. The fourth-order valence-electron chi connectivity index (χ4n) is 3.49. The first-order valence-electron chi connectivity index (χ1n) is 10.9. The third-order valence-corrected chi connectivity index (χ3v) is 7.25. The maximum Gasteiger partial charge on any atom is 0.338 e. The monoisotopic (exact) mass is 480 g/mol. The largest absolute Gasteiger partial charge is 0.462 e. The lowest BCUT2D eigenvalue weighted by atomic mass is 10.1. The van der Waals surface area contributed by atoms with Gasteiger partial charge in [0.2, 0.25) is 5.91 Å². The molecule has 1 amide bonds. The number of rotatable bonds is 8. The first-order chi connectivity index (χ1) is 16.1. The van der Waals surface area contributed by atoms with Crippen molar-refractivity contribution >= 4 is 33.3 Å². The molecule has 0 aromatic heterocycles. The van der Waals surface area contributed by atoms with Gasteiger partial charge in [-0.1, -0.05) is 30.3 Å². The highest BCUT2D eigenvalue weighted by atomic mass is 32.2. The van der Waals surface area contributed by atoms with Crippen LogP contribution in [0.25, 0.3) is 0 Å². The molecule has 0 bridgehead atoms. The Morgan fingerprint density at radius 2 is 1.62 bits per heavy atom. The Bertz CT molecular complexity index is 1300. The minimum absolute atomic E-state index is 0.0960. The average molecular weight is 481 g/mol. The van der Waals surface area contributed by atoms with Crippen molar-refractivity contribution in [2.75, 3.05) is 22.8 Å². The smallest absolute Gasteiger partial charge is 0.338 e. The van der Waals surface area contributed by atoms with Gasteiger partial charge >= 0.3 is 5.97 Å². The Hall–Kier alpha value is -3.65. The van der Waals surface area contributed by atoms with Gasteiger partial charge in [0.05, 0.1) is 22.8 Å². The summed E-state index contributed by atoms with van der Waals surface area (Å²) in [6.45, 7) is 7.04. The van der Waals surface area contributed by atoms with Crippen LogP contribution in [-0.2, 0) is 19.6 Å². The predicted molar refractivity (Wildman–Crippen MR) is 133 cm³/mol. The summed E-state index contributed by atoms with van der Waals surface area (Å²) in [6, 6.07) is 18.2. The van der Waals surface area contributed by atoms with Crippen LogP contribution in [0.5, 0.6) is 0 Å². The Morgan fingerprint density at radius 1 is 0.912 bits per heavy atom. The molecule has 0 heterocycles. The highest BCUT2D eigenvalue weighted by Crippen LogP contribution is 2.28. The number of aryl methyl sites for hydroxylation is 2. The number of nitrogens with zero attached hydrogens (tertiary/aromatic N) is 1. The number of hydrogen-bond acceptors (Lipinski definition) is 5. The fraction of sp³-hybridized carbons (Fsp3) is 0.231. The second-order valence-electron chi connectivity index (χ2n) is 7.84. The molecule has 8 heteroatoms. The van der Waals surface area contributed by atoms with Crippen molar-refractivity contribution in [1.29, 1.82) is 0 Å². The first-order valence-corrected chi connectivity index (χ1v) is 12.3. The number of esters is 1. The Balaban J connectivity index is 1.92. The molecule has 3 rings (SSSR count). The van der Waals surface area contributed by atoms with E-state index >= 15 is 0 Å². The van der Waals surface area contributed by atoms with E-state index in [2.05, 4.69) is 5.32 Å². The van der Waals surface area contributed by atoms with E-state index in [0.29, 0.717) is 22.5 Å². The molecular weight excluding hydrogens is 452 g/mol. The van der Waals surface area contributed by atoms with Crippen molar-refractivity contribution in [2.24, 2.45) is 0 Å². The van der Waals surface area contributed by atoms with Crippen LogP contribution in [0.3, 0.4) is 0 Å². The summed E-state index contributed by atoms with van der Waals surface area (Å²) in [4.78, 5) is 25.1. The summed E-state index contributed by atoms with van der Waals surface area (Å²) in [5.41, 5.74) is 3.63. The molecule has 34 heavy (non-hydrogen) atoms. The molecule has 3 aromatic rings. The number of amides is 1. The van der Waals surface area contributed by atoms with Crippen LogP contribution < -0.4 is 9.62 Å². The minimum Gasteiger partial charge on any atom is -0.462 e. The normalized spacial score (nSPS) is 11.1. The highest BCUT2D eigenvalue weighted by Gasteiger charge is 2.28. The molecule has 1 N–H and O–H groups in total. The van der Waals surface area contributed by atoms with Crippen LogP contribution in [0.15, 0.2) is 71.6 Å². The van der Waals surface area contributed by atoms with Crippen molar-refractivity contribution in [1.82, 2.24) is 0 Å². The second-order valence-corrected chi connectivity index (χ2v) is 9.70. The lowest BCUT2D eigenvalue weighted by Gasteiger charge is -2.26. The topological polar surface area (TPSA) is 92.8 Å². The quantitative estimate of drug-likeness (QED) is 0.475. The Kier molecular flexibility index (Phi) is 7.73. The van der Waals surface area contributed by atoms with Gasteiger partial charge in [0.15, 0.2) is 0 Å². The summed E-state index contributed by atoms with van der Waals surface area (Å²) >= 11 is 0. The van der Waals surface area contributed by atoms with Crippen LogP contribution in [0.2, 0.25) is 0 Å². The second kappa shape index (κ2) is 10.5. The van der Waals surface area contributed by atoms with E-state index in [1.807, 2.05) is 19.9 Å². The minimum atomic E-state index is -4.00. The van der Waals surface area contributed by atoms with E-state index in [9.17, 15) is 18.0 Å². The molecule has 0 spiro atoms. The highest BCUT2D eigenvalue weighted by molar-refractivity contribution is 7.92. The molecule has 3 aromatic carbocycles. The number of sulfonamides is 1. The zero-order chi connectivity index (χ0) is 24.9. The molecule has 0 unspecified atom stereocenters. The van der Waals surface area contributed by atoms with Gasteiger partial charge in [-0.15, -0.1) is 0 Å². The molecular formula is C26H28N2O5S. The van der Waals surface area contributed by atoms with E-state index in [1.165, 1.54) is 12.1 Å². The lowest BCUT2D eigenvalue weighted by molar-refractivity contribution is -0.114. The van der Waals surface area contributed by atoms with Crippen LogP contribution >= 0.6 is 0 Å². The summed E-state index contributed by atoms with van der Waals surface area (Å²) in [7, 11) is -4.00. The van der Waals surface area contributed by atoms with Crippen LogP contribution in [0.1, 0.15) is 34.0 Å². The molecule has 0 saturated heterocycles. The zero-order valence-electron chi connectivity index (χ0n) is 19.7. The number of carbonyl (C=O) groups is 2. The van der Waals surface area contributed by atoms with Crippen LogP contribution in [0, 0.1) is 20.8 Å². The van der Waals surface area contributed by atoms with Gasteiger partial charge in [0.1, 0.15) is 6.54 Å². The third-order valence-electron chi connectivity index (χ3n) is 5.47. The van der Waals surface area contributed by atoms with Crippen molar-refractivity contribution < 1.29 is 22.7 Å². The lowest BCUT2D eigenvalue weighted by Crippen LogP contribution is -2.38. The maximum atomic E-state index is 13.5. The van der Waals surface area contributed by atoms with Crippen molar-refractivity contribution in [3.63, 3.8) is 0 Å². The number of nitrogens with one attached hydrogen (secondary N) is 1. The molecule has 0 aliphatic carbocycles.